The van der Waals surface area contributed by atoms with Crippen molar-refractivity contribution in [3.63, 3.8) is 0 Å². The molecule has 1 aromatic rings. The van der Waals surface area contributed by atoms with Crippen LogP contribution in [0.2, 0.25) is 0 Å². The van der Waals surface area contributed by atoms with Crippen LogP contribution in [0.5, 0.6) is 0 Å². The molecule has 0 saturated carbocycles. The SMILES string of the molecule is CN1C(=O)C(c2ccccc2)N1C. The second-order valence-corrected chi connectivity index (χ2v) is 3.25. The Morgan fingerprint density at radius 3 is 2.31 bits per heavy atom. The third-order valence-electron chi connectivity index (χ3n) is 2.52. The van der Waals surface area contributed by atoms with Crippen LogP contribution in [0.4, 0.5) is 0 Å². The van der Waals surface area contributed by atoms with E-state index in [2.05, 4.69) is 0 Å². The molecule has 1 aliphatic heterocycles. The molecule has 1 fully saturated rings. The number of hydrogen-bond donors (Lipinski definition) is 0. The van der Waals surface area contributed by atoms with E-state index in [1.165, 1.54) is 0 Å². The van der Waals surface area contributed by atoms with Crippen LogP contribution in [-0.2, 0) is 4.79 Å². The molecule has 68 valence electrons. The number of rotatable bonds is 1. The van der Waals surface area contributed by atoms with Crippen molar-refractivity contribution in [2.45, 2.75) is 6.04 Å². The summed E-state index contributed by atoms with van der Waals surface area (Å²) in [6, 6.07) is 9.74. The van der Waals surface area contributed by atoms with Gasteiger partial charge in [-0.15, -0.1) is 0 Å². The van der Waals surface area contributed by atoms with Gasteiger partial charge in [-0.2, -0.15) is 0 Å². The number of hydrazine groups is 1. The summed E-state index contributed by atoms with van der Waals surface area (Å²) in [6.45, 7) is 0. The molecule has 1 atom stereocenters. The predicted molar refractivity (Wildman–Crippen MR) is 49.7 cm³/mol. The van der Waals surface area contributed by atoms with Gasteiger partial charge in [-0.1, -0.05) is 30.3 Å². The molecule has 1 unspecified atom stereocenters. The van der Waals surface area contributed by atoms with Gasteiger partial charge < -0.3 is 0 Å². The minimum Gasteiger partial charge on any atom is -0.276 e. The molecule has 13 heavy (non-hydrogen) atoms. The van der Waals surface area contributed by atoms with Gasteiger partial charge >= 0.3 is 0 Å². The lowest BCUT2D eigenvalue weighted by atomic mass is 10.0. The highest BCUT2D eigenvalue weighted by molar-refractivity contribution is 5.87. The van der Waals surface area contributed by atoms with Crippen LogP contribution >= 0.6 is 0 Å². The number of likely N-dealkylation sites (N-methyl/N-ethyl adjacent to an activating group) is 2. The van der Waals surface area contributed by atoms with Crippen LogP contribution in [-0.4, -0.2) is 30.0 Å². The van der Waals surface area contributed by atoms with E-state index in [0.717, 1.165) is 5.56 Å². The zero-order valence-electron chi connectivity index (χ0n) is 7.77. The van der Waals surface area contributed by atoms with Gasteiger partial charge in [0.15, 0.2) is 0 Å². The number of nitrogens with zero attached hydrogens (tertiary/aromatic N) is 2. The topological polar surface area (TPSA) is 23.6 Å². The van der Waals surface area contributed by atoms with Crippen LogP contribution in [0.15, 0.2) is 30.3 Å². The van der Waals surface area contributed by atoms with Crippen molar-refractivity contribution in [1.82, 2.24) is 10.0 Å². The van der Waals surface area contributed by atoms with Crippen LogP contribution in [0.3, 0.4) is 0 Å². The average Bonchev–Trinajstić information content (AvgIpc) is 2.19. The lowest BCUT2D eigenvalue weighted by Gasteiger charge is -2.45. The second-order valence-electron chi connectivity index (χ2n) is 3.25. The van der Waals surface area contributed by atoms with Crippen molar-refractivity contribution in [2.24, 2.45) is 0 Å². The van der Waals surface area contributed by atoms with Crippen molar-refractivity contribution in [3.05, 3.63) is 35.9 Å². The molecule has 1 aliphatic rings. The van der Waals surface area contributed by atoms with Crippen LogP contribution in [0, 0.1) is 0 Å². The Balaban J connectivity index is 2.25. The number of carbonyl (C=O) groups is 1. The van der Waals surface area contributed by atoms with E-state index < -0.39 is 0 Å². The maximum absolute atomic E-state index is 11.5. The fourth-order valence-electron chi connectivity index (χ4n) is 1.60. The highest BCUT2D eigenvalue weighted by atomic mass is 16.2. The molecule has 1 amide bonds. The molecular weight excluding hydrogens is 164 g/mol. The summed E-state index contributed by atoms with van der Waals surface area (Å²) in [6.07, 6.45) is 0. The van der Waals surface area contributed by atoms with E-state index in [1.54, 1.807) is 12.1 Å². The molecule has 0 N–H and O–H groups in total. The summed E-state index contributed by atoms with van der Waals surface area (Å²) >= 11 is 0. The first-order chi connectivity index (χ1) is 6.22. The van der Waals surface area contributed by atoms with Crippen LogP contribution < -0.4 is 0 Å². The normalized spacial score (nSPS) is 23.1. The van der Waals surface area contributed by atoms with Gasteiger partial charge in [0.1, 0.15) is 6.04 Å². The Hall–Kier alpha value is -1.35. The predicted octanol–water partition coefficient (Wildman–Crippen LogP) is 1.05. The van der Waals surface area contributed by atoms with Gasteiger partial charge in [-0.25, -0.2) is 5.01 Å². The molecule has 0 radical (unpaired) electrons. The summed E-state index contributed by atoms with van der Waals surface area (Å²) in [4.78, 5) is 11.5. The maximum Gasteiger partial charge on any atom is 0.260 e. The molecule has 1 aromatic carbocycles. The Kier molecular flexibility index (Phi) is 1.81. The Labute approximate surface area is 77.5 Å². The number of hydrogen-bond acceptors (Lipinski definition) is 2. The van der Waals surface area contributed by atoms with Crippen molar-refractivity contribution in [2.75, 3.05) is 14.1 Å². The van der Waals surface area contributed by atoms with E-state index in [4.69, 9.17) is 0 Å². The minimum atomic E-state index is -0.0776. The lowest BCUT2D eigenvalue weighted by molar-refractivity contribution is -0.183. The van der Waals surface area contributed by atoms with Crippen molar-refractivity contribution >= 4 is 5.91 Å². The van der Waals surface area contributed by atoms with E-state index >= 15 is 0 Å². The van der Waals surface area contributed by atoms with E-state index in [0.29, 0.717) is 0 Å². The Bertz CT molecular complexity index is 323. The Morgan fingerprint density at radius 2 is 1.77 bits per heavy atom. The average molecular weight is 176 g/mol. The van der Waals surface area contributed by atoms with Gasteiger partial charge in [0.2, 0.25) is 0 Å². The molecule has 0 spiro atoms. The maximum atomic E-state index is 11.5. The zero-order chi connectivity index (χ0) is 9.42. The lowest BCUT2D eigenvalue weighted by Crippen LogP contribution is -2.59. The molecule has 3 nitrogen and oxygen atoms in total. The molecule has 1 saturated heterocycles. The van der Waals surface area contributed by atoms with Crippen LogP contribution in [0.25, 0.3) is 0 Å². The summed E-state index contributed by atoms with van der Waals surface area (Å²) in [5.41, 5.74) is 1.06. The molecule has 1 heterocycles. The molecular formula is C10H12N2O. The summed E-state index contributed by atoms with van der Waals surface area (Å²) in [5, 5.41) is 3.55. The van der Waals surface area contributed by atoms with Crippen molar-refractivity contribution in [1.29, 1.82) is 0 Å². The van der Waals surface area contributed by atoms with Gasteiger partial charge in [-0.05, 0) is 5.56 Å². The summed E-state index contributed by atoms with van der Waals surface area (Å²) in [7, 11) is 3.70. The van der Waals surface area contributed by atoms with E-state index in [-0.39, 0.29) is 11.9 Å². The standard InChI is InChI=1S/C10H12N2O/c1-11-9(10(13)12(11)2)8-6-4-3-5-7-8/h3-7,9H,1-2H3. The molecule has 0 bridgehead atoms. The summed E-state index contributed by atoms with van der Waals surface area (Å²) < 4.78 is 0. The Morgan fingerprint density at radius 1 is 1.15 bits per heavy atom. The molecule has 2 rings (SSSR count). The second kappa shape index (κ2) is 2.85. The van der Waals surface area contributed by atoms with Gasteiger partial charge in [-0.3, -0.25) is 9.80 Å². The third-order valence-corrected chi connectivity index (χ3v) is 2.52. The summed E-state index contributed by atoms with van der Waals surface area (Å²) in [5.74, 6) is 0.161. The molecule has 0 aromatic heterocycles. The van der Waals surface area contributed by atoms with Gasteiger partial charge in [0.05, 0.1) is 0 Å². The first kappa shape index (κ1) is 8.26. The third kappa shape index (κ3) is 1.12. The largest absolute Gasteiger partial charge is 0.276 e. The number of carbonyl (C=O) groups excluding carboxylic acids is 1. The molecule has 0 aliphatic carbocycles. The van der Waals surface area contributed by atoms with Crippen molar-refractivity contribution in [3.8, 4) is 0 Å². The quantitative estimate of drug-likeness (QED) is 0.638. The van der Waals surface area contributed by atoms with Crippen LogP contribution in [0.1, 0.15) is 11.6 Å². The highest BCUT2D eigenvalue weighted by Crippen LogP contribution is 2.30. The highest BCUT2D eigenvalue weighted by Gasteiger charge is 2.40. The minimum absolute atomic E-state index is 0.0776. The smallest absolute Gasteiger partial charge is 0.260 e. The van der Waals surface area contributed by atoms with E-state index in [1.807, 2.05) is 42.4 Å². The molecule has 3 heteroatoms. The number of benzene rings is 1. The first-order valence-corrected chi connectivity index (χ1v) is 4.27. The fraction of sp³-hybridized carbons (Fsp3) is 0.300. The van der Waals surface area contributed by atoms with E-state index in [9.17, 15) is 4.79 Å². The fourth-order valence-corrected chi connectivity index (χ4v) is 1.60. The monoisotopic (exact) mass is 176 g/mol. The van der Waals surface area contributed by atoms with Crippen molar-refractivity contribution < 1.29 is 4.79 Å². The van der Waals surface area contributed by atoms with Gasteiger partial charge in [0.25, 0.3) is 5.91 Å². The zero-order valence-corrected chi connectivity index (χ0v) is 7.77. The number of amides is 1. The first-order valence-electron chi connectivity index (χ1n) is 4.27. The van der Waals surface area contributed by atoms with Gasteiger partial charge in [0, 0.05) is 14.1 Å².